The Balaban J connectivity index is 1.88. The lowest BCUT2D eigenvalue weighted by Crippen LogP contribution is -2.43. The van der Waals surface area contributed by atoms with Crippen molar-refractivity contribution in [1.29, 1.82) is 0 Å². The van der Waals surface area contributed by atoms with Crippen LogP contribution in [0.15, 0.2) is 47.6 Å². The van der Waals surface area contributed by atoms with E-state index >= 15 is 0 Å². The van der Waals surface area contributed by atoms with Gasteiger partial charge in [-0.2, -0.15) is 13.2 Å². The van der Waals surface area contributed by atoms with E-state index in [2.05, 4.69) is 4.98 Å². The van der Waals surface area contributed by atoms with Crippen LogP contribution in [0.2, 0.25) is 0 Å². The minimum Gasteiger partial charge on any atom is -0.305 e. The highest BCUT2D eigenvalue weighted by atomic mass is 32.2. The van der Waals surface area contributed by atoms with Gasteiger partial charge in [0, 0.05) is 23.8 Å². The monoisotopic (exact) mass is 423 g/mol. The molecule has 154 valence electrons. The number of urea groups is 1. The van der Waals surface area contributed by atoms with Gasteiger partial charge in [0.25, 0.3) is 5.91 Å². The standard InChI is InChI=1S/C20H20F3N3O2S/c1-4-13-11-24-10-9-14(13)12-25-18(28)26(17(27)19(25,2)3)15-5-7-16(8-6-15)29-20(21,22)23/h5-11H,4,12H2,1-3H3. The Morgan fingerprint density at radius 1 is 1.07 bits per heavy atom. The van der Waals surface area contributed by atoms with Crippen LogP contribution < -0.4 is 4.90 Å². The van der Waals surface area contributed by atoms with Crippen LogP contribution in [0.4, 0.5) is 23.7 Å². The second-order valence-corrected chi connectivity index (χ2v) is 8.25. The van der Waals surface area contributed by atoms with E-state index in [1.807, 2.05) is 13.0 Å². The summed E-state index contributed by atoms with van der Waals surface area (Å²) in [7, 11) is 0. The van der Waals surface area contributed by atoms with Gasteiger partial charge in [-0.15, -0.1) is 0 Å². The van der Waals surface area contributed by atoms with Crippen LogP contribution in [-0.2, 0) is 17.8 Å². The molecule has 1 aliphatic heterocycles. The van der Waals surface area contributed by atoms with Gasteiger partial charge in [-0.1, -0.05) is 6.92 Å². The molecule has 3 rings (SSSR count). The topological polar surface area (TPSA) is 53.5 Å². The van der Waals surface area contributed by atoms with Crippen molar-refractivity contribution in [2.75, 3.05) is 4.90 Å². The summed E-state index contributed by atoms with van der Waals surface area (Å²) in [5.41, 5.74) is -3.37. The quantitative estimate of drug-likeness (QED) is 0.502. The fourth-order valence-electron chi connectivity index (χ4n) is 3.22. The van der Waals surface area contributed by atoms with Gasteiger partial charge in [-0.3, -0.25) is 9.78 Å². The number of pyridine rings is 1. The second kappa shape index (κ2) is 7.70. The normalized spacial score (nSPS) is 16.6. The highest BCUT2D eigenvalue weighted by Gasteiger charge is 2.51. The van der Waals surface area contributed by atoms with Crippen molar-refractivity contribution in [2.45, 2.75) is 49.7 Å². The van der Waals surface area contributed by atoms with Crippen LogP contribution in [0.1, 0.15) is 31.9 Å². The number of imide groups is 1. The van der Waals surface area contributed by atoms with Gasteiger partial charge < -0.3 is 4.90 Å². The van der Waals surface area contributed by atoms with E-state index in [1.54, 1.807) is 26.2 Å². The molecule has 0 N–H and O–H groups in total. The summed E-state index contributed by atoms with van der Waals surface area (Å²) >= 11 is -0.245. The number of amides is 3. The van der Waals surface area contributed by atoms with Gasteiger partial charge in [0.1, 0.15) is 5.54 Å². The number of alkyl halides is 3. The lowest BCUT2D eigenvalue weighted by atomic mass is 10.0. The first-order valence-electron chi connectivity index (χ1n) is 8.98. The van der Waals surface area contributed by atoms with Gasteiger partial charge in [-0.05, 0) is 73.5 Å². The van der Waals surface area contributed by atoms with E-state index in [1.165, 1.54) is 29.2 Å². The molecule has 0 saturated carbocycles. The van der Waals surface area contributed by atoms with E-state index in [9.17, 15) is 22.8 Å². The number of anilines is 1. The lowest BCUT2D eigenvalue weighted by molar-refractivity contribution is -0.123. The summed E-state index contributed by atoms with van der Waals surface area (Å²) < 4.78 is 37.6. The number of halogens is 3. The minimum absolute atomic E-state index is 0.0131. The smallest absolute Gasteiger partial charge is 0.305 e. The molecule has 1 saturated heterocycles. The first-order chi connectivity index (χ1) is 13.5. The van der Waals surface area contributed by atoms with E-state index in [0.717, 1.165) is 22.4 Å². The van der Waals surface area contributed by atoms with E-state index in [-0.39, 0.29) is 28.9 Å². The van der Waals surface area contributed by atoms with E-state index < -0.39 is 23.0 Å². The summed E-state index contributed by atoms with van der Waals surface area (Å²) in [6.45, 7) is 5.54. The highest BCUT2D eigenvalue weighted by molar-refractivity contribution is 8.00. The van der Waals surface area contributed by atoms with Crippen molar-refractivity contribution in [3.8, 4) is 0 Å². The first kappa shape index (κ1) is 21.2. The lowest BCUT2D eigenvalue weighted by Gasteiger charge is -2.28. The van der Waals surface area contributed by atoms with Crippen molar-refractivity contribution in [1.82, 2.24) is 9.88 Å². The van der Waals surface area contributed by atoms with Crippen LogP contribution in [0.5, 0.6) is 0 Å². The number of hydrogen-bond acceptors (Lipinski definition) is 4. The molecule has 29 heavy (non-hydrogen) atoms. The van der Waals surface area contributed by atoms with Crippen LogP contribution in [0, 0.1) is 0 Å². The largest absolute Gasteiger partial charge is 0.446 e. The van der Waals surface area contributed by atoms with Crippen LogP contribution in [-0.4, -0.2) is 32.9 Å². The molecule has 1 aliphatic rings. The summed E-state index contributed by atoms with van der Waals surface area (Å²) in [5.74, 6) is -0.425. The molecule has 1 aromatic heterocycles. The average molecular weight is 423 g/mol. The van der Waals surface area contributed by atoms with Crippen molar-refractivity contribution in [3.05, 3.63) is 53.9 Å². The maximum Gasteiger partial charge on any atom is 0.446 e. The third-order valence-electron chi connectivity index (χ3n) is 4.87. The number of carbonyl (C=O) groups is 2. The number of hydrogen-bond donors (Lipinski definition) is 0. The number of nitrogens with zero attached hydrogens (tertiary/aromatic N) is 3. The van der Waals surface area contributed by atoms with Gasteiger partial charge in [0.15, 0.2) is 0 Å². The third kappa shape index (κ3) is 4.24. The first-order valence-corrected chi connectivity index (χ1v) is 9.80. The molecule has 1 fully saturated rings. The average Bonchev–Trinajstić information content (AvgIpc) is 2.81. The van der Waals surface area contributed by atoms with Crippen LogP contribution in [0.25, 0.3) is 0 Å². The molecule has 9 heteroatoms. The maximum atomic E-state index is 13.1. The minimum atomic E-state index is -4.40. The molecular weight excluding hydrogens is 403 g/mol. The van der Waals surface area contributed by atoms with Crippen molar-refractivity contribution in [2.24, 2.45) is 0 Å². The molecule has 3 amide bonds. The Kier molecular flexibility index (Phi) is 5.62. The number of rotatable bonds is 5. The summed E-state index contributed by atoms with van der Waals surface area (Å²) in [4.78, 5) is 32.6. The van der Waals surface area contributed by atoms with Gasteiger partial charge >= 0.3 is 11.5 Å². The van der Waals surface area contributed by atoms with Gasteiger partial charge in [0.2, 0.25) is 0 Å². The molecule has 0 bridgehead atoms. The molecule has 0 atom stereocenters. The Morgan fingerprint density at radius 2 is 1.72 bits per heavy atom. The SMILES string of the molecule is CCc1cnccc1CN1C(=O)N(c2ccc(SC(F)(F)F)cc2)C(=O)C1(C)C. The fourth-order valence-corrected chi connectivity index (χ4v) is 3.76. The van der Waals surface area contributed by atoms with Gasteiger partial charge in [0.05, 0.1) is 5.69 Å². The number of thioether (sulfide) groups is 1. The number of aryl methyl sites for hydroxylation is 1. The summed E-state index contributed by atoms with van der Waals surface area (Å²) in [6, 6.07) is 6.53. The molecule has 0 unspecified atom stereocenters. The molecule has 1 aromatic carbocycles. The van der Waals surface area contributed by atoms with Crippen molar-refractivity contribution in [3.63, 3.8) is 0 Å². The Morgan fingerprint density at radius 3 is 2.31 bits per heavy atom. The number of aromatic nitrogens is 1. The molecule has 2 heterocycles. The molecular formula is C20H20F3N3O2S. The highest BCUT2D eigenvalue weighted by Crippen LogP contribution is 2.39. The summed E-state index contributed by atoms with van der Waals surface area (Å²) in [5, 5.41) is 0. The van der Waals surface area contributed by atoms with E-state index in [4.69, 9.17) is 0 Å². The molecule has 5 nitrogen and oxygen atoms in total. The fraction of sp³-hybridized carbons (Fsp3) is 0.350. The molecule has 0 spiro atoms. The zero-order chi connectivity index (χ0) is 21.4. The number of benzene rings is 1. The van der Waals surface area contributed by atoms with Crippen molar-refractivity contribution >= 4 is 29.4 Å². The molecule has 0 radical (unpaired) electrons. The number of carbonyl (C=O) groups excluding carboxylic acids is 2. The third-order valence-corrected chi connectivity index (χ3v) is 5.61. The van der Waals surface area contributed by atoms with Crippen LogP contribution in [0.3, 0.4) is 0 Å². The van der Waals surface area contributed by atoms with Crippen LogP contribution >= 0.6 is 11.8 Å². The Labute approximate surface area is 170 Å². The summed E-state index contributed by atoms with van der Waals surface area (Å²) in [6.07, 6.45) is 4.11. The predicted molar refractivity (Wildman–Crippen MR) is 104 cm³/mol. The van der Waals surface area contributed by atoms with Gasteiger partial charge in [-0.25, -0.2) is 9.69 Å². The second-order valence-electron chi connectivity index (χ2n) is 7.11. The molecule has 2 aromatic rings. The predicted octanol–water partition coefficient (Wildman–Crippen LogP) is 5.00. The zero-order valence-corrected chi connectivity index (χ0v) is 17.0. The molecule has 0 aliphatic carbocycles. The van der Waals surface area contributed by atoms with Crippen molar-refractivity contribution < 1.29 is 22.8 Å². The Hall–Kier alpha value is -2.55. The maximum absolute atomic E-state index is 13.1. The Bertz CT molecular complexity index is 929. The zero-order valence-electron chi connectivity index (χ0n) is 16.2. The van der Waals surface area contributed by atoms with E-state index in [0.29, 0.717) is 0 Å².